The summed E-state index contributed by atoms with van der Waals surface area (Å²) in [5, 5.41) is 3.59. The van der Waals surface area contributed by atoms with Gasteiger partial charge in [-0.15, -0.1) is 0 Å². The van der Waals surface area contributed by atoms with Gasteiger partial charge in [-0.3, -0.25) is 18.9 Å². The molecule has 1 aliphatic carbocycles. The molecule has 36 heavy (non-hydrogen) atoms. The lowest BCUT2D eigenvalue weighted by atomic mass is 9.85. The maximum Gasteiger partial charge on any atom is 0.333 e. The number of ether oxygens (including phenoxy) is 1. The summed E-state index contributed by atoms with van der Waals surface area (Å²) in [7, 11) is 1.56. The van der Waals surface area contributed by atoms with Crippen molar-refractivity contribution >= 4 is 28.5 Å². The molecule has 4 aromatic rings. The molecule has 0 spiro atoms. The van der Waals surface area contributed by atoms with Gasteiger partial charge < -0.3 is 10.1 Å². The molecule has 1 aromatic carbocycles. The minimum atomic E-state index is -0.141. The highest BCUT2D eigenvalue weighted by atomic mass is 35.5. The molecule has 9 heteroatoms. The van der Waals surface area contributed by atoms with Crippen LogP contribution in [0.1, 0.15) is 41.7 Å². The molecule has 1 fully saturated rings. The number of aromatic nitrogens is 4. The number of hydrogen-bond donors (Lipinski definition) is 1. The molecule has 1 N–H and O–H groups in total. The largest absolute Gasteiger partial charge is 0.481 e. The summed E-state index contributed by atoms with van der Waals surface area (Å²) in [6, 6.07) is 13.2. The van der Waals surface area contributed by atoms with Crippen LogP contribution in [0, 0.1) is 12.8 Å². The van der Waals surface area contributed by atoms with E-state index in [4.69, 9.17) is 16.3 Å². The summed E-state index contributed by atoms with van der Waals surface area (Å²) in [4.78, 5) is 34.7. The fourth-order valence-electron chi connectivity index (χ4n) is 5.03. The maximum atomic E-state index is 13.6. The van der Waals surface area contributed by atoms with Crippen molar-refractivity contribution in [2.45, 2.75) is 45.2 Å². The number of pyridine rings is 2. The number of para-hydroxylation sites is 2. The number of carbonyl (C=O) groups is 1. The second kappa shape index (κ2) is 10.1. The van der Waals surface area contributed by atoms with Gasteiger partial charge in [-0.05, 0) is 62.8 Å². The Labute approximate surface area is 213 Å². The van der Waals surface area contributed by atoms with Crippen molar-refractivity contribution in [3.8, 4) is 11.6 Å². The third-order valence-corrected chi connectivity index (χ3v) is 7.15. The molecule has 0 atom stereocenters. The summed E-state index contributed by atoms with van der Waals surface area (Å²) in [5.41, 5.74) is 3.56. The predicted molar refractivity (Wildman–Crippen MR) is 139 cm³/mol. The van der Waals surface area contributed by atoms with Crippen molar-refractivity contribution in [1.82, 2.24) is 24.4 Å². The lowest BCUT2D eigenvalue weighted by Crippen LogP contribution is -2.39. The first-order valence-corrected chi connectivity index (χ1v) is 12.5. The van der Waals surface area contributed by atoms with Crippen molar-refractivity contribution in [2.24, 2.45) is 5.92 Å². The van der Waals surface area contributed by atoms with Crippen LogP contribution in [0.4, 0.5) is 0 Å². The zero-order valence-corrected chi connectivity index (χ0v) is 21.0. The molecule has 0 saturated heterocycles. The van der Waals surface area contributed by atoms with Crippen LogP contribution in [0.2, 0.25) is 5.02 Å². The summed E-state index contributed by atoms with van der Waals surface area (Å²) in [6.07, 6.45) is 6.75. The summed E-state index contributed by atoms with van der Waals surface area (Å²) < 4.78 is 8.84. The van der Waals surface area contributed by atoms with Crippen LogP contribution in [0.5, 0.6) is 5.88 Å². The Morgan fingerprint density at radius 3 is 2.61 bits per heavy atom. The van der Waals surface area contributed by atoms with E-state index in [2.05, 4.69) is 15.3 Å². The molecular weight excluding hydrogens is 478 g/mol. The molecule has 5 rings (SSSR count). The van der Waals surface area contributed by atoms with Gasteiger partial charge in [0, 0.05) is 31.0 Å². The average Bonchev–Trinajstić information content (AvgIpc) is 3.17. The van der Waals surface area contributed by atoms with Gasteiger partial charge in [-0.1, -0.05) is 23.7 Å². The highest BCUT2D eigenvalue weighted by Gasteiger charge is 2.25. The number of nitrogens with one attached hydrogen (secondary N) is 1. The normalized spacial score (nSPS) is 17.8. The lowest BCUT2D eigenvalue weighted by Gasteiger charge is -2.29. The third kappa shape index (κ3) is 4.73. The zero-order valence-electron chi connectivity index (χ0n) is 20.3. The summed E-state index contributed by atoms with van der Waals surface area (Å²) in [5.74, 6) is 0.662. The van der Waals surface area contributed by atoms with Crippen LogP contribution in [-0.4, -0.2) is 38.2 Å². The van der Waals surface area contributed by atoms with E-state index in [0.29, 0.717) is 34.6 Å². The third-order valence-electron chi connectivity index (χ3n) is 6.94. The molecule has 0 radical (unpaired) electrons. The second-order valence-corrected chi connectivity index (χ2v) is 9.69. The Hall–Kier alpha value is -3.65. The van der Waals surface area contributed by atoms with E-state index in [1.165, 1.54) is 0 Å². The molecule has 1 saturated carbocycles. The number of methoxy groups -OCH3 is 1. The molecule has 0 aliphatic heterocycles. The van der Waals surface area contributed by atoms with E-state index in [-0.39, 0.29) is 17.6 Å². The predicted octanol–water partition coefficient (Wildman–Crippen LogP) is 4.54. The van der Waals surface area contributed by atoms with Gasteiger partial charge in [-0.25, -0.2) is 9.78 Å². The van der Waals surface area contributed by atoms with Crippen LogP contribution in [0.15, 0.2) is 59.7 Å². The first-order chi connectivity index (χ1) is 17.4. The van der Waals surface area contributed by atoms with Crippen molar-refractivity contribution in [3.63, 3.8) is 0 Å². The number of nitrogens with zero attached hydrogens (tertiary/aromatic N) is 4. The minimum absolute atomic E-state index is 0.0798. The van der Waals surface area contributed by atoms with E-state index >= 15 is 0 Å². The smallest absolute Gasteiger partial charge is 0.333 e. The van der Waals surface area contributed by atoms with Crippen molar-refractivity contribution in [2.75, 3.05) is 7.11 Å². The molecular formula is C27H28ClN5O3. The number of amides is 1. The Morgan fingerprint density at radius 1 is 1.11 bits per heavy atom. The van der Waals surface area contributed by atoms with Crippen LogP contribution < -0.4 is 15.7 Å². The Bertz CT molecular complexity index is 1470. The van der Waals surface area contributed by atoms with Gasteiger partial charge in [0.05, 0.1) is 40.1 Å². The fourth-order valence-corrected chi connectivity index (χ4v) is 5.19. The maximum absolute atomic E-state index is 13.6. The zero-order chi connectivity index (χ0) is 25.2. The van der Waals surface area contributed by atoms with E-state index < -0.39 is 0 Å². The number of imidazole rings is 1. The van der Waals surface area contributed by atoms with Gasteiger partial charge >= 0.3 is 5.69 Å². The molecule has 3 aromatic heterocycles. The van der Waals surface area contributed by atoms with Crippen LogP contribution in [0.3, 0.4) is 0 Å². The molecule has 1 aliphatic rings. The number of rotatable bonds is 6. The molecule has 1 amide bonds. The van der Waals surface area contributed by atoms with E-state index in [1.807, 2.05) is 34.9 Å². The quantitative estimate of drug-likeness (QED) is 0.415. The molecule has 186 valence electrons. The summed E-state index contributed by atoms with van der Waals surface area (Å²) >= 11 is 6.03. The van der Waals surface area contributed by atoms with Crippen LogP contribution >= 0.6 is 11.6 Å². The fraction of sp³-hybridized carbons (Fsp3) is 0.333. The Morgan fingerprint density at radius 2 is 1.86 bits per heavy atom. The Balaban J connectivity index is 1.31. The number of benzene rings is 1. The topological polar surface area (TPSA) is 91.0 Å². The minimum Gasteiger partial charge on any atom is -0.481 e. The first kappa shape index (κ1) is 24.1. The highest BCUT2D eigenvalue weighted by Crippen LogP contribution is 2.28. The molecule has 0 unspecified atom stereocenters. The highest BCUT2D eigenvalue weighted by molar-refractivity contribution is 6.30. The monoisotopic (exact) mass is 505 g/mol. The van der Waals surface area contributed by atoms with Gasteiger partial charge in [0.1, 0.15) is 0 Å². The van der Waals surface area contributed by atoms with Crippen LogP contribution in [0.25, 0.3) is 16.7 Å². The number of aryl methyl sites for hydroxylation is 1. The lowest BCUT2D eigenvalue weighted by molar-refractivity contribution is 0.0919. The van der Waals surface area contributed by atoms with Gasteiger partial charge in [0.25, 0.3) is 5.91 Å². The molecule has 3 heterocycles. The van der Waals surface area contributed by atoms with Crippen molar-refractivity contribution in [1.29, 1.82) is 0 Å². The van der Waals surface area contributed by atoms with E-state index in [0.717, 1.165) is 42.4 Å². The van der Waals surface area contributed by atoms with Gasteiger partial charge in [0.15, 0.2) is 0 Å². The van der Waals surface area contributed by atoms with Crippen molar-refractivity contribution in [3.05, 3.63) is 81.6 Å². The number of carbonyl (C=O) groups excluding carboxylic acids is 1. The molecule has 8 nitrogen and oxygen atoms in total. The number of fused-ring (bicyclic) bond motifs is 1. The Kier molecular flexibility index (Phi) is 6.78. The number of halogens is 1. The summed E-state index contributed by atoms with van der Waals surface area (Å²) in [6.45, 7) is 2.44. The van der Waals surface area contributed by atoms with E-state index in [9.17, 15) is 9.59 Å². The van der Waals surface area contributed by atoms with E-state index in [1.54, 1.807) is 43.1 Å². The van der Waals surface area contributed by atoms with Crippen LogP contribution in [-0.2, 0) is 6.54 Å². The van der Waals surface area contributed by atoms with Crippen molar-refractivity contribution < 1.29 is 9.53 Å². The second-order valence-electron chi connectivity index (χ2n) is 9.25. The van der Waals surface area contributed by atoms with Gasteiger partial charge in [-0.2, -0.15) is 0 Å². The number of hydrogen-bond acceptors (Lipinski definition) is 5. The average molecular weight is 506 g/mol. The first-order valence-electron chi connectivity index (χ1n) is 12.1. The van der Waals surface area contributed by atoms with Gasteiger partial charge in [0.2, 0.25) is 5.88 Å². The standard InChI is InChI=1S/C27H28ClN5O3/c1-17-22(13-19(28)15-30-17)26(34)31-20-9-7-18(8-10-20)16-32-23-5-3-4-6-24(23)33(27(32)35)21-11-12-29-25(14-21)36-2/h3-6,11-15,18,20H,7-10,16H2,1-2H3,(H,31,34). The molecule has 0 bridgehead atoms. The SMILES string of the molecule is COc1cc(-n2c(=O)n(CC3CCC(NC(=O)c4cc(Cl)cnc4C)CC3)c3ccccc32)ccn1.